The first-order valence-electron chi connectivity index (χ1n) is 5.99. The van der Waals surface area contributed by atoms with E-state index in [9.17, 15) is 4.79 Å². The third-order valence-corrected chi connectivity index (χ3v) is 3.30. The zero-order valence-corrected chi connectivity index (χ0v) is 11.5. The maximum atomic E-state index is 11.4. The van der Waals surface area contributed by atoms with E-state index in [1.54, 1.807) is 18.7 Å². The number of hydrogen-bond acceptors (Lipinski definition) is 3. The normalized spacial score (nSPS) is 13.7. The lowest BCUT2D eigenvalue weighted by Crippen LogP contribution is -2.41. The van der Waals surface area contributed by atoms with Crippen LogP contribution in [0.2, 0.25) is 0 Å². The molecule has 1 unspecified atom stereocenters. The minimum atomic E-state index is -0.521. The van der Waals surface area contributed by atoms with E-state index in [4.69, 9.17) is 5.11 Å². The first-order chi connectivity index (χ1) is 8.58. The summed E-state index contributed by atoms with van der Waals surface area (Å²) in [4.78, 5) is 12.6. The predicted molar refractivity (Wildman–Crippen MR) is 74.8 cm³/mol. The molecule has 0 aliphatic heterocycles. The number of aliphatic hydroxyl groups is 1. The van der Waals surface area contributed by atoms with Gasteiger partial charge in [0.2, 0.25) is 0 Å². The second kappa shape index (κ2) is 8.00. The average molecular weight is 268 g/mol. The van der Waals surface area contributed by atoms with Crippen molar-refractivity contribution in [3.8, 4) is 0 Å². The fourth-order valence-corrected chi connectivity index (χ4v) is 2.26. The van der Waals surface area contributed by atoms with Gasteiger partial charge in [0.25, 0.3) is 0 Å². The third kappa shape index (κ3) is 6.51. The van der Waals surface area contributed by atoms with Crippen LogP contribution in [0.1, 0.15) is 13.8 Å². The SMILES string of the molecule is CC(CNC(=O)NC[C@H](C)O)Sc1ccccc1. The zero-order valence-electron chi connectivity index (χ0n) is 10.7. The van der Waals surface area contributed by atoms with Crippen LogP contribution in [0.4, 0.5) is 4.79 Å². The number of urea groups is 1. The van der Waals surface area contributed by atoms with Crippen molar-refractivity contribution in [1.82, 2.24) is 10.6 Å². The number of hydrogen-bond donors (Lipinski definition) is 3. The van der Waals surface area contributed by atoms with E-state index in [0.29, 0.717) is 11.8 Å². The molecule has 0 bridgehead atoms. The Balaban J connectivity index is 2.21. The summed E-state index contributed by atoms with van der Waals surface area (Å²) >= 11 is 1.72. The lowest BCUT2D eigenvalue weighted by atomic mass is 10.4. The number of benzene rings is 1. The molecule has 1 rings (SSSR count). The molecular formula is C13H20N2O2S. The molecule has 0 spiro atoms. The van der Waals surface area contributed by atoms with Crippen molar-refractivity contribution in [3.05, 3.63) is 30.3 Å². The Kier molecular flexibility index (Phi) is 6.60. The molecule has 0 saturated carbocycles. The molecule has 0 aromatic heterocycles. The lowest BCUT2D eigenvalue weighted by Gasteiger charge is -2.13. The molecule has 0 radical (unpaired) electrons. The molecule has 0 fully saturated rings. The van der Waals surface area contributed by atoms with Gasteiger partial charge in [-0.15, -0.1) is 11.8 Å². The fourth-order valence-electron chi connectivity index (χ4n) is 1.31. The minimum absolute atomic E-state index is 0.239. The summed E-state index contributed by atoms with van der Waals surface area (Å²) in [5, 5.41) is 14.7. The molecule has 100 valence electrons. The molecule has 1 aromatic rings. The van der Waals surface area contributed by atoms with E-state index in [1.807, 2.05) is 18.2 Å². The molecule has 3 N–H and O–H groups in total. The van der Waals surface area contributed by atoms with Gasteiger partial charge < -0.3 is 15.7 Å². The van der Waals surface area contributed by atoms with Crippen LogP contribution < -0.4 is 10.6 Å². The van der Waals surface area contributed by atoms with Gasteiger partial charge in [0.05, 0.1) is 6.10 Å². The van der Waals surface area contributed by atoms with Crippen molar-refractivity contribution in [2.45, 2.75) is 30.1 Å². The van der Waals surface area contributed by atoms with Gasteiger partial charge in [-0.1, -0.05) is 25.1 Å². The second-order valence-corrected chi connectivity index (χ2v) is 5.69. The maximum absolute atomic E-state index is 11.4. The van der Waals surface area contributed by atoms with Gasteiger partial charge in [-0.2, -0.15) is 0 Å². The van der Waals surface area contributed by atoms with Crippen molar-refractivity contribution in [2.24, 2.45) is 0 Å². The van der Waals surface area contributed by atoms with Crippen molar-refractivity contribution in [1.29, 1.82) is 0 Å². The van der Waals surface area contributed by atoms with E-state index >= 15 is 0 Å². The topological polar surface area (TPSA) is 61.4 Å². The molecule has 0 heterocycles. The highest BCUT2D eigenvalue weighted by Crippen LogP contribution is 2.21. The molecule has 2 amide bonds. The first kappa shape index (κ1) is 14.9. The van der Waals surface area contributed by atoms with Gasteiger partial charge in [0.1, 0.15) is 0 Å². The molecule has 0 saturated heterocycles. The largest absolute Gasteiger partial charge is 0.392 e. The summed E-state index contributed by atoms with van der Waals surface area (Å²) in [6.45, 7) is 4.55. The smallest absolute Gasteiger partial charge is 0.314 e. The first-order valence-corrected chi connectivity index (χ1v) is 6.87. The van der Waals surface area contributed by atoms with Crippen molar-refractivity contribution >= 4 is 17.8 Å². The number of carbonyl (C=O) groups excluding carboxylic acids is 1. The Hall–Kier alpha value is -1.20. The van der Waals surface area contributed by atoms with Gasteiger partial charge in [-0.05, 0) is 19.1 Å². The molecule has 0 aliphatic rings. The van der Waals surface area contributed by atoms with Crippen molar-refractivity contribution < 1.29 is 9.90 Å². The predicted octanol–water partition coefficient (Wildman–Crippen LogP) is 1.85. The maximum Gasteiger partial charge on any atom is 0.314 e. The highest BCUT2D eigenvalue weighted by molar-refractivity contribution is 8.00. The van der Waals surface area contributed by atoms with Crippen LogP contribution in [0.15, 0.2) is 35.2 Å². The number of nitrogens with one attached hydrogen (secondary N) is 2. The average Bonchev–Trinajstić information content (AvgIpc) is 2.35. The highest BCUT2D eigenvalue weighted by atomic mass is 32.2. The summed E-state index contributed by atoms with van der Waals surface area (Å²) in [6.07, 6.45) is -0.521. The molecular weight excluding hydrogens is 248 g/mol. The van der Waals surface area contributed by atoms with Crippen LogP contribution in [0.25, 0.3) is 0 Å². The van der Waals surface area contributed by atoms with E-state index in [2.05, 4.69) is 29.7 Å². The van der Waals surface area contributed by atoms with Gasteiger partial charge >= 0.3 is 6.03 Å². The van der Waals surface area contributed by atoms with Crippen LogP contribution in [0, 0.1) is 0 Å². The van der Waals surface area contributed by atoms with E-state index < -0.39 is 6.10 Å². The van der Waals surface area contributed by atoms with Gasteiger partial charge in [0.15, 0.2) is 0 Å². The minimum Gasteiger partial charge on any atom is -0.392 e. The van der Waals surface area contributed by atoms with E-state index in [1.165, 1.54) is 4.90 Å². The fraction of sp³-hybridized carbons (Fsp3) is 0.462. The lowest BCUT2D eigenvalue weighted by molar-refractivity contribution is 0.187. The van der Waals surface area contributed by atoms with Crippen molar-refractivity contribution in [3.63, 3.8) is 0 Å². The van der Waals surface area contributed by atoms with Crippen LogP contribution in [-0.4, -0.2) is 35.6 Å². The highest BCUT2D eigenvalue weighted by Gasteiger charge is 2.07. The molecule has 1 aromatic carbocycles. The Morgan fingerprint density at radius 3 is 2.44 bits per heavy atom. The van der Waals surface area contributed by atoms with Gasteiger partial charge in [-0.25, -0.2) is 4.79 Å². The van der Waals surface area contributed by atoms with Crippen LogP contribution >= 0.6 is 11.8 Å². The number of aliphatic hydroxyl groups excluding tert-OH is 1. The quantitative estimate of drug-likeness (QED) is 0.690. The molecule has 18 heavy (non-hydrogen) atoms. The van der Waals surface area contributed by atoms with Crippen LogP contribution in [-0.2, 0) is 0 Å². The number of rotatable bonds is 6. The summed E-state index contributed by atoms with van der Waals surface area (Å²) < 4.78 is 0. The zero-order chi connectivity index (χ0) is 13.4. The number of carbonyl (C=O) groups is 1. The monoisotopic (exact) mass is 268 g/mol. The summed E-state index contributed by atoms with van der Waals surface area (Å²) in [6, 6.07) is 9.84. The summed E-state index contributed by atoms with van der Waals surface area (Å²) in [5.74, 6) is 0. The van der Waals surface area contributed by atoms with Gasteiger partial charge in [-0.3, -0.25) is 0 Å². The molecule has 2 atom stereocenters. The number of thioether (sulfide) groups is 1. The third-order valence-electron chi connectivity index (χ3n) is 2.19. The second-order valence-electron chi connectivity index (χ2n) is 4.18. The Morgan fingerprint density at radius 2 is 1.83 bits per heavy atom. The molecule has 5 heteroatoms. The Bertz CT molecular complexity index is 357. The molecule has 0 aliphatic carbocycles. The Labute approximate surface area is 112 Å². The van der Waals surface area contributed by atoms with Gasteiger partial charge in [0, 0.05) is 23.2 Å². The van der Waals surface area contributed by atoms with E-state index in [0.717, 1.165) is 0 Å². The number of amides is 2. The summed E-state index contributed by atoms with van der Waals surface area (Å²) in [5.41, 5.74) is 0. The van der Waals surface area contributed by atoms with Crippen LogP contribution in [0.3, 0.4) is 0 Å². The van der Waals surface area contributed by atoms with Crippen LogP contribution in [0.5, 0.6) is 0 Å². The summed E-state index contributed by atoms with van der Waals surface area (Å²) in [7, 11) is 0. The standard InChI is InChI=1S/C13H20N2O2S/c1-10(16)8-14-13(17)15-9-11(2)18-12-6-4-3-5-7-12/h3-7,10-11,16H,8-9H2,1-2H3,(H2,14,15,17)/t10-,11?/m0/s1. The van der Waals surface area contributed by atoms with E-state index in [-0.39, 0.29) is 12.6 Å². The Morgan fingerprint density at radius 1 is 1.22 bits per heavy atom. The van der Waals surface area contributed by atoms with Crippen molar-refractivity contribution in [2.75, 3.05) is 13.1 Å². The molecule has 4 nitrogen and oxygen atoms in total.